The maximum atomic E-state index is 5.65. The molecule has 2 aromatic rings. The van der Waals surface area contributed by atoms with Crippen LogP contribution in [0.2, 0.25) is 0 Å². The quantitative estimate of drug-likeness (QED) is 0.638. The van der Waals surface area contributed by atoms with Crippen LogP contribution < -0.4 is 16.0 Å². The zero-order valence-electron chi connectivity index (χ0n) is 10.5. The summed E-state index contributed by atoms with van der Waals surface area (Å²) in [6.45, 7) is 3.97. The van der Waals surface area contributed by atoms with E-state index in [-0.39, 0.29) is 0 Å². The second-order valence-corrected chi connectivity index (χ2v) is 3.92. The summed E-state index contributed by atoms with van der Waals surface area (Å²) in [6.07, 6.45) is 1.01. The summed E-state index contributed by atoms with van der Waals surface area (Å²) >= 11 is 0. The van der Waals surface area contributed by atoms with E-state index < -0.39 is 0 Å². The predicted molar refractivity (Wildman–Crippen MR) is 70.5 cm³/mol. The lowest BCUT2D eigenvalue weighted by Gasteiger charge is -2.07. The van der Waals surface area contributed by atoms with E-state index in [0.717, 1.165) is 17.9 Å². The van der Waals surface area contributed by atoms with Gasteiger partial charge in [0.05, 0.1) is 0 Å². The highest BCUT2D eigenvalue weighted by Gasteiger charge is 2.03. The SMILES string of the molecule is CCc1ccc(Oc2cc(C)nc(NN)n2)cc1. The second kappa shape index (κ2) is 5.46. The molecule has 1 heterocycles. The molecule has 0 aliphatic carbocycles. The Balaban J connectivity index is 2.19. The molecule has 3 N–H and O–H groups in total. The van der Waals surface area contributed by atoms with Crippen molar-refractivity contribution < 1.29 is 4.74 Å². The molecule has 0 amide bonds. The first kappa shape index (κ1) is 12.3. The molecule has 1 aromatic carbocycles. The number of aromatic nitrogens is 2. The normalized spacial score (nSPS) is 10.2. The Hall–Kier alpha value is -2.14. The van der Waals surface area contributed by atoms with Crippen molar-refractivity contribution in [1.29, 1.82) is 0 Å². The molecule has 0 aliphatic rings. The van der Waals surface area contributed by atoms with E-state index in [2.05, 4.69) is 22.3 Å². The minimum Gasteiger partial charge on any atom is -0.439 e. The van der Waals surface area contributed by atoms with Crippen LogP contribution in [0, 0.1) is 6.92 Å². The number of aryl methyl sites for hydroxylation is 2. The van der Waals surface area contributed by atoms with Crippen LogP contribution >= 0.6 is 0 Å². The van der Waals surface area contributed by atoms with Crippen molar-refractivity contribution in [3.63, 3.8) is 0 Å². The van der Waals surface area contributed by atoms with Crippen molar-refractivity contribution in [2.75, 3.05) is 5.43 Å². The predicted octanol–water partition coefficient (Wildman–Crippen LogP) is 2.43. The van der Waals surface area contributed by atoms with Gasteiger partial charge in [0.15, 0.2) is 0 Å². The van der Waals surface area contributed by atoms with Gasteiger partial charge < -0.3 is 4.74 Å². The molecular formula is C13H16N4O. The molecule has 0 fully saturated rings. The van der Waals surface area contributed by atoms with Gasteiger partial charge in [0, 0.05) is 11.8 Å². The molecule has 18 heavy (non-hydrogen) atoms. The summed E-state index contributed by atoms with van der Waals surface area (Å²) in [5.74, 6) is 6.85. The highest BCUT2D eigenvalue weighted by Crippen LogP contribution is 2.21. The van der Waals surface area contributed by atoms with Gasteiger partial charge in [-0.25, -0.2) is 10.8 Å². The zero-order chi connectivity index (χ0) is 13.0. The summed E-state index contributed by atoms with van der Waals surface area (Å²) in [6, 6.07) is 9.67. The van der Waals surface area contributed by atoms with Gasteiger partial charge in [0.25, 0.3) is 0 Å². The van der Waals surface area contributed by atoms with Crippen LogP contribution in [0.1, 0.15) is 18.2 Å². The maximum Gasteiger partial charge on any atom is 0.240 e. The average molecular weight is 244 g/mol. The van der Waals surface area contributed by atoms with Crippen LogP contribution in [0.15, 0.2) is 30.3 Å². The van der Waals surface area contributed by atoms with Crippen molar-refractivity contribution in [2.24, 2.45) is 5.84 Å². The lowest BCUT2D eigenvalue weighted by Crippen LogP contribution is -2.11. The minimum atomic E-state index is 0.343. The van der Waals surface area contributed by atoms with Crippen LogP contribution in [0.25, 0.3) is 0 Å². The number of nitrogens with one attached hydrogen (secondary N) is 1. The summed E-state index contributed by atoms with van der Waals surface area (Å²) in [5, 5.41) is 0. The fourth-order valence-corrected chi connectivity index (χ4v) is 1.57. The molecule has 5 nitrogen and oxygen atoms in total. The van der Waals surface area contributed by atoms with E-state index >= 15 is 0 Å². The molecule has 0 spiro atoms. The van der Waals surface area contributed by atoms with Gasteiger partial charge >= 0.3 is 0 Å². The van der Waals surface area contributed by atoms with Gasteiger partial charge in [-0.3, -0.25) is 5.43 Å². The number of rotatable bonds is 4. The van der Waals surface area contributed by atoms with Crippen molar-refractivity contribution in [2.45, 2.75) is 20.3 Å². The number of nitrogens with zero attached hydrogens (tertiary/aromatic N) is 2. The number of anilines is 1. The molecule has 0 atom stereocenters. The van der Waals surface area contributed by atoms with E-state index in [4.69, 9.17) is 10.6 Å². The number of hydrazine groups is 1. The molecule has 0 aliphatic heterocycles. The lowest BCUT2D eigenvalue weighted by atomic mass is 10.2. The molecule has 0 bridgehead atoms. The smallest absolute Gasteiger partial charge is 0.240 e. The van der Waals surface area contributed by atoms with E-state index in [1.165, 1.54) is 5.56 Å². The molecule has 1 aromatic heterocycles. The van der Waals surface area contributed by atoms with Crippen LogP contribution in [0.5, 0.6) is 11.6 Å². The highest BCUT2D eigenvalue weighted by molar-refractivity contribution is 5.34. The van der Waals surface area contributed by atoms with Crippen LogP contribution in [0.3, 0.4) is 0 Å². The maximum absolute atomic E-state index is 5.65. The molecule has 94 valence electrons. The molecule has 0 radical (unpaired) electrons. The van der Waals surface area contributed by atoms with E-state index in [1.54, 1.807) is 6.07 Å². The van der Waals surface area contributed by atoms with Gasteiger partial charge in [0.2, 0.25) is 11.8 Å². The monoisotopic (exact) mass is 244 g/mol. The summed E-state index contributed by atoms with van der Waals surface area (Å²) in [5.41, 5.74) is 4.47. The average Bonchev–Trinajstić information content (AvgIpc) is 2.39. The van der Waals surface area contributed by atoms with Crippen molar-refractivity contribution >= 4 is 5.95 Å². The van der Waals surface area contributed by atoms with Crippen molar-refractivity contribution in [3.8, 4) is 11.6 Å². The summed E-state index contributed by atoms with van der Waals surface area (Å²) in [7, 11) is 0. The topological polar surface area (TPSA) is 73.1 Å². The van der Waals surface area contributed by atoms with Crippen LogP contribution in [-0.2, 0) is 6.42 Å². The standard InChI is InChI=1S/C13H16N4O/c1-3-10-4-6-11(7-5-10)18-12-8-9(2)15-13(16-12)17-14/h4-8H,3,14H2,1-2H3,(H,15,16,17). The van der Waals surface area contributed by atoms with Crippen LogP contribution in [0.4, 0.5) is 5.95 Å². The Kier molecular flexibility index (Phi) is 3.74. The fraction of sp³-hybridized carbons (Fsp3) is 0.231. The number of benzene rings is 1. The van der Waals surface area contributed by atoms with E-state index in [0.29, 0.717) is 11.8 Å². The molecular weight excluding hydrogens is 228 g/mol. The largest absolute Gasteiger partial charge is 0.439 e. The van der Waals surface area contributed by atoms with E-state index in [9.17, 15) is 0 Å². The molecule has 0 saturated heterocycles. The Bertz CT molecular complexity index is 525. The first-order chi connectivity index (χ1) is 8.71. The van der Waals surface area contributed by atoms with Crippen LogP contribution in [-0.4, -0.2) is 9.97 Å². The van der Waals surface area contributed by atoms with Gasteiger partial charge in [-0.2, -0.15) is 4.98 Å². The third-order valence-electron chi connectivity index (χ3n) is 2.51. The number of nitrogen functional groups attached to an aromatic ring is 1. The lowest BCUT2D eigenvalue weighted by molar-refractivity contribution is 0.461. The Morgan fingerprint density at radius 1 is 1.22 bits per heavy atom. The molecule has 5 heteroatoms. The Morgan fingerprint density at radius 3 is 2.56 bits per heavy atom. The Labute approximate surface area is 106 Å². The number of hydrogen-bond acceptors (Lipinski definition) is 5. The second-order valence-electron chi connectivity index (χ2n) is 3.92. The van der Waals surface area contributed by atoms with Gasteiger partial charge in [-0.05, 0) is 31.0 Å². The van der Waals surface area contributed by atoms with Crippen molar-refractivity contribution in [1.82, 2.24) is 9.97 Å². The van der Waals surface area contributed by atoms with Gasteiger partial charge in [-0.1, -0.05) is 19.1 Å². The number of nitrogens with two attached hydrogens (primary N) is 1. The molecule has 0 unspecified atom stereocenters. The number of hydrogen-bond donors (Lipinski definition) is 2. The van der Waals surface area contributed by atoms with E-state index in [1.807, 2.05) is 31.2 Å². The summed E-state index contributed by atoms with van der Waals surface area (Å²) in [4.78, 5) is 8.21. The van der Waals surface area contributed by atoms with Gasteiger partial charge in [-0.15, -0.1) is 0 Å². The van der Waals surface area contributed by atoms with Gasteiger partial charge in [0.1, 0.15) is 5.75 Å². The summed E-state index contributed by atoms with van der Waals surface area (Å²) < 4.78 is 5.65. The fourth-order valence-electron chi connectivity index (χ4n) is 1.57. The Morgan fingerprint density at radius 2 is 1.94 bits per heavy atom. The molecule has 2 rings (SSSR count). The first-order valence-electron chi connectivity index (χ1n) is 5.80. The number of ether oxygens (including phenoxy) is 1. The third kappa shape index (κ3) is 2.95. The van der Waals surface area contributed by atoms with Crippen molar-refractivity contribution in [3.05, 3.63) is 41.6 Å². The highest BCUT2D eigenvalue weighted by atomic mass is 16.5. The molecule has 0 saturated carbocycles. The zero-order valence-corrected chi connectivity index (χ0v) is 10.5. The third-order valence-corrected chi connectivity index (χ3v) is 2.51. The minimum absolute atomic E-state index is 0.343. The first-order valence-corrected chi connectivity index (χ1v) is 5.80.